The maximum absolute atomic E-state index is 11.7. The second-order valence-corrected chi connectivity index (χ2v) is 4.98. The maximum Gasteiger partial charge on any atom is 0.323 e. The zero-order valence-electron chi connectivity index (χ0n) is 10.4. The van der Waals surface area contributed by atoms with Crippen molar-refractivity contribution in [1.29, 1.82) is 0 Å². The van der Waals surface area contributed by atoms with Crippen molar-refractivity contribution in [2.75, 3.05) is 13.2 Å². The molecule has 2 atom stereocenters. The number of rotatable bonds is 3. The normalized spacial score (nSPS) is 29.4. The van der Waals surface area contributed by atoms with Gasteiger partial charge in [-0.1, -0.05) is 6.42 Å². The number of piperidine rings is 1. The van der Waals surface area contributed by atoms with Gasteiger partial charge in [-0.25, -0.2) is 4.98 Å². The minimum absolute atomic E-state index is 0.0428. The number of aromatic nitrogens is 3. The van der Waals surface area contributed by atoms with E-state index in [1.807, 2.05) is 4.68 Å². The van der Waals surface area contributed by atoms with Gasteiger partial charge in [-0.15, -0.1) is 0 Å². The third-order valence-electron chi connectivity index (χ3n) is 3.85. The molecule has 0 amide bonds. The summed E-state index contributed by atoms with van der Waals surface area (Å²) in [5, 5.41) is 4.15. The van der Waals surface area contributed by atoms with Crippen LogP contribution in [0.1, 0.15) is 25.7 Å². The molecule has 1 aromatic heterocycles. The van der Waals surface area contributed by atoms with E-state index in [0.717, 1.165) is 32.4 Å². The fourth-order valence-corrected chi connectivity index (χ4v) is 2.96. The molecular weight excluding hydrogens is 232 g/mol. The van der Waals surface area contributed by atoms with Gasteiger partial charge in [-0.2, -0.15) is 5.10 Å². The van der Waals surface area contributed by atoms with Gasteiger partial charge >= 0.3 is 5.97 Å². The smallest absolute Gasteiger partial charge is 0.323 e. The Kier molecular flexibility index (Phi) is 3.27. The highest BCUT2D eigenvalue weighted by molar-refractivity contribution is 5.77. The standard InChI is InChI=1S/C12H18N4O2/c17-12-11(4-6-18-12)16-5-2-1-3-10(16)7-15-9-13-8-14-15/h8-11H,1-7H2/t10-,11+/m1/s1. The van der Waals surface area contributed by atoms with Crippen LogP contribution in [0.2, 0.25) is 0 Å². The number of carbonyl (C=O) groups is 1. The van der Waals surface area contributed by atoms with E-state index in [4.69, 9.17) is 4.74 Å². The van der Waals surface area contributed by atoms with Gasteiger partial charge in [-0.3, -0.25) is 14.4 Å². The molecule has 0 radical (unpaired) electrons. The molecule has 6 nitrogen and oxygen atoms in total. The SMILES string of the molecule is O=C1OCC[C@@H]1N1CCCC[C@@H]1Cn1cncn1. The molecule has 3 rings (SSSR count). The van der Waals surface area contributed by atoms with Crippen LogP contribution in [0.15, 0.2) is 12.7 Å². The van der Waals surface area contributed by atoms with Crippen LogP contribution in [-0.4, -0.2) is 50.9 Å². The van der Waals surface area contributed by atoms with Gasteiger partial charge in [0.15, 0.2) is 0 Å². The van der Waals surface area contributed by atoms with Crippen molar-refractivity contribution in [1.82, 2.24) is 19.7 Å². The molecule has 0 N–H and O–H groups in total. The average Bonchev–Trinajstić information content (AvgIpc) is 3.02. The summed E-state index contributed by atoms with van der Waals surface area (Å²) in [4.78, 5) is 18.0. The van der Waals surface area contributed by atoms with Gasteiger partial charge in [0.05, 0.1) is 13.2 Å². The number of hydrogen-bond acceptors (Lipinski definition) is 5. The Labute approximate surface area is 106 Å². The summed E-state index contributed by atoms with van der Waals surface area (Å²) in [6, 6.07) is 0.329. The molecule has 2 fully saturated rings. The van der Waals surface area contributed by atoms with Crippen molar-refractivity contribution in [3.8, 4) is 0 Å². The Morgan fingerprint density at radius 2 is 2.33 bits per heavy atom. The van der Waals surface area contributed by atoms with Crippen LogP contribution < -0.4 is 0 Å². The van der Waals surface area contributed by atoms with E-state index in [1.54, 1.807) is 12.7 Å². The summed E-state index contributed by atoms with van der Waals surface area (Å²) in [5.41, 5.74) is 0. The number of likely N-dealkylation sites (tertiary alicyclic amines) is 1. The van der Waals surface area contributed by atoms with E-state index in [-0.39, 0.29) is 12.0 Å². The highest BCUT2D eigenvalue weighted by Crippen LogP contribution is 2.25. The van der Waals surface area contributed by atoms with Gasteiger partial charge in [0.25, 0.3) is 0 Å². The molecule has 0 aliphatic carbocycles. The largest absolute Gasteiger partial charge is 0.464 e. The van der Waals surface area contributed by atoms with Crippen molar-refractivity contribution in [2.24, 2.45) is 0 Å². The highest BCUT2D eigenvalue weighted by Gasteiger charge is 2.37. The number of carbonyl (C=O) groups excluding carboxylic acids is 1. The lowest BCUT2D eigenvalue weighted by Crippen LogP contribution is -2.49. The van der Waals surface area contributed by atoms with Gasteiger partial charge < -0.3 is 4.74 Å². The maximum atomic E-state index is 11.7. The second-order valence-electron chi connectivity index (χ2n) is 4.98. The number of esters is 1. The Balaban J connectivity index is 1.71. The first-order chi connectivity index (χ1) is 8.84. The fraction of sp³-hybridized carbons (Fsp3) is 0.750. The van der Waals surface area contributed by atoms with Crippen LogP contribution in [0.25, 0.3) is 0 Å². The minimum Gasteiger partial charge on any atom is -0.464 e. The molecular formula is C12H18N4O2. The van der Waals surface area contributed by atoms with Crippen molar-refractivity contribution in [3.05, 3.63) is 12.7 Å². The molecule has 0 saturated carbocycles. The van der Waals surface area contributed by atoms with E-state index in [9.17, 15) is 4.79 Å². The van der Waals surface area contributed by atoms with Crippen molar-refractivity contribution in [2.45, 2.75) is 44.3 Å². The zero-order valence-corrected chi connectivity index (χ0v) is 10.4. The third kappa shape index (κ3) is 2.25. The van der Waals surface area contributed by atoms with E-state index < -0.39 is 0 Å². The van der Waals surface area contributed by atoms with Crippen LogP contribution in [0, 0.1) is 0 Å². The lowest BCUT2D eigenvalue weighted by atomic mass is 9.99. The molecule has 1 aromatic rings. The summed E-state index contributed by atoms with van der Waals surface area (Å²) in [6.07, 6.45) is 7.61. The predicted molar refractivity (Wildman–Crippen MR) is 63.7 cm³/mol. The minimum atomic E-state index is -0.0551. The number of ether oxygens (including phenoxy) is 1. The monoisotopic (exact) mass is 250 g/mol. The summed E-state index contributed by atoms with van der Waals surface area (Å²) in [7, 11) is 0. The molecule has 6 heteroatoms. The number of hydrogen-bond donors (Lipinski definition) is 0. The molecule has 18 heavy (non-hydrogen) atoms. The second kappa shape index (κ2) is 5.06. The van der Waals surface area contributed by atoms with Crippen LogP contribution in [0.4, 0.5) is 0 Å². The van der Waals surface area contributed by atoms with Crippen LogP contribution in [0.3, 0.4) is 0 Å². The first-order valence-electron chi connectivity index (χ1n) is 6.59. The first-order valence-corrected chi connectivity index (χ1v) is 6.59. The van der Waals surface area contributed by atoms with E-state index in [1.165, 1.54) is 6.42 Å². The van der Waals surface area contributed by atoms with E-state index in [0.29, 0.717) is 12.6 Å². The molecule has 0 bridgehead atoms. The molecule has 98 valence electrons. The fourth-order valence-electron chi connectivity index (χ4n) is 2.96. The molecule has 2 aliphatic rings. The molecule has 3 heterocycles. The van der Waals surface area contributed by atoms with Gasteiger partial charge in [0.1, 0.15) is 18.7 Å². The predicted octanol–water partition coefficient (Wildman–Crippen LogP) is 0.448. The van der Waals surface area contributed by atoms with E-state index in [2.05, 4.69) is 15.0 Å². The van der Waals surface area contributed by atoms with Crippen molar-refractivity contribution in [3.63, 3.8) is 0 Å². The summed E-state index contributed by atoms with van der Waals surface area (Å²) >= 11 is 0. The van der Waals surface area contributed by atoms with E-state index >= 15 is 0 Å². The Bertz CT molecular complexity index is 406. The van der Waals surface area contributed by atoms with Crippen LogP contribution in [0.5, 0.6) is 0 Å². The summed E-state index contributed by atoms with van der Waals surface area (Å²) in [6.45, 7) is 2.36. The molecule has 0 aromatic carbocycles. The quantitative estimate of drug-likeness (QED) is 0.729. The summed E-state index contributed by atoms with van der Waals surface area (Å²) in [5.74, 6) is -0.0551. The average molecular weight is 250 g/mol. The topological polar surface area (TPSA) is 60.2 Å². The number of nitrogens with zero attached hydrogens (tertiary/aromatic N) is 4. The summed E-state index contributed by atoms with van der Waals surface area (Å²) < 4.78 is 6.94. The van der Waals surface area contributed by atoms with Crippen molar-refractivity contribution >= 4 is 5.97 Å². The van der Waals surface area contributed by atoms with Crippen LogP contribution >= 0.6 is 0 Å². The lowest BCUT2D eigenvalue weighted by Gasteiger charge is -2.37. The Morgan fingerprint density at radius 3 is 3.06 bits per heavy atom. The Hall–Kier alpha value is -1.43. The molecule has 0 spiro atoms. The zero-order chi connectivity index (χ0) is 12.4. The third-order valence-corrected chi connectivity index (χ3v) is 3.85. The van der Waals surface area contributed by atoms with Gasteiger partial charge in [0.2, 0.25) is 0 Å². The van der Waals surface area contributed by atoms with Crippen molar-refractivity contribution < 1.29 is 9.53 Å². The molecule has 2 aliphatic heterocycles. The Morgan fingerprint density at radius 1 is 1.39 bits per heavy atom. The molecule has 0 unspecified atom stereocenters. The number of cyclic esters (lactones) is 1. The first kappa shape index (κ1) is 11.6. The molecule has 2 saturated heterocycles. The highest BCUT2D eigenvalue weighted by atomic mass is 16.5. The van der Waals surface area contributed by atoms with Gasteiger partial charge in [-0.05, 0) is 19.4 Å². The lowest BCUT2D eigenvalue weighted by molar-refractivity contribution is -0.143. The van der Waals surface area contributed by atoms with Crippen LogP contribution in [-0.2, 0) is 16.1 Å². The van der Waals surface area contributed by atoms with Gasteiger partial charge in [0, 0.05) is 12.5 Å².